The van der Waals surface area contributed by atoms with Crippen LogP contribution in [-0.4, -0.2) is 25.9 Å². The van der Waals surface area contributed by atoms with Crippen molar-refractivity contribution in [1.82, 2.24) is 15.0 Å². The number of nitrogens with one attached hydrogen (secondary N) is 3. The molecule has 2 heterocycles. The molecule has 8 heteroatoms. The smallest absolute Gasteiger partial charge is 0.329 e. The van der Waals surface area contributed by atoms with Crippen LogP contribution in [0.15, 0.2) is 36.7 Å². The molecular formula is C17H18N6O2. The SMILES string of the molecule is O=[N+]([O-])c1cnc(NC2CCCC2)nc1Nc1ccc2[nH]ccc2c1. The van der Waals surface area contributed by atoms with E-state index in [4.69, 9.17) is 0 Å². The molecule has 0 spiro atoms. The van der Waals surface area contributed by atoms with E-state index in [0.717, 1.165) is 29.4 Å². The molecule has 0 aliphatic heterocycles. The first-order valence-electron chi connectivity index (χ1n) is 8.31. The highest BCUT2D eigenvalue weighted by atomic mass is 16.6. The van der Waals surface area contributed by atoms with Gasteiger partial charge in [0.2, 0.25) is 11.8 Å². The van der Waals surface area contributed by atoms with Gasteiger partial charge in [-0.05, 0) is 37.1 Å². The lowest BCUT2D eigenvalue weighted by Gasteiger charge is -2.13. The Kier molecular flexibility index (Phi) is 3.93. The highest BCUT2D eigenvalue weighted by Gasteiger charge is 2.20. The minimum Gasteiger partial charge on any atom is -0.361 e. The van der Waals surface area contributed by atoms with Crippen molar-refractivity contribution < 1.29 is 4.92 Å². The fourth-order valence-electron chi connectivity index (χ4n) is 3.19. The Bertz CT molecular complexity index is 916. The Morgan fingerprint density at radius 1 is 1.24 bits per heavy atom. The molecule has 0 unspecified atom stereocenters. The molecule has 1 fully saturated rings. The van der Waals surface area contributed by atoms with Crippen molar-refractivity contribution in [2.75, 3.05) is 10.6 Å². The summed E-state index contributed by atoms with van der Waals surface area (Å²) in [5, 5.41) is 18.6. The van der Waals surface area contributed by atoms with Crippen LogP contribution in [0.25, 0.3) is 10.9 Å². The average molecular weight is 338 g/mol. The molecule has 4 rings (SSSR count). The summed E-state index contributed by atoms with van der Waals surface area (Å²) in [6, 6.07) is 7.98. The summed E-state index contributed by atoms with van der Waals surface area (Å²) in [7, 11) is 0. The van der Waals surface area contributed by atoms with Gasteiger partial charge in [-0.25, -0.2) is 4.98 Å². The second kappa shape index (κ2) is 6.39. The zero-order valence-electron chi connectivity index (χ0n) is 13.5. The number of aromatic amines is 1. The van der Waals surface area contributed by atoms with Crippen LogP contribution >= 0.6 is 0 Å². The second-order valence-corrected chi connectivity index (χ2v) is 6.21. The van der Waals surface area contributed by atoms with Gasteiger partial charge < -0.3 is 15.6 Å². The lowest BCUT2D eigenvalue weighted by atomic mass is 10.2. The molecule has 0 amide bonds. The maximum absolute atomic E-state index is 11.3. The van der Waals surface area contributed by atoms with Crippen molar-refractivity contribution >= 4 is 34.0 Å². The molecule has 8 nitrogen and oxygen atoms in total. The van der Waals surface area contributed by atoms with Gasteiger partial charge in [-0.3, -0.25) is 10.1 Å². The molecule has 0 bridgehead atoms. The zero-order valence-corrected chi connectivity index (χ0v) is 13.5. The van der Waals surface area contributed by atoms with Crippen LogP contribution in [-0.2, 0) is 0 Å². The van der Waals surface area contributed by atoms with Crippen LogP contribution in [0.3, 0.4) is 0 Å². The third kappa shape index (κ3) is 3.23. The van der Waals surface area contributed by atoms with Gasteiger partial charge in [-0.2, -0.15) is 4.98 Å². The maximum atomic E-state index is 11.3. The van der Waals surface area contributed by atoms with E-state index in [0.29, 0.717) is 12.0 Å². The fraction of sp³-hybridized carbons (Fsp3) is 0.294. The van der Waals surface area contributed by atoms with Crippen molar-refractivity contribution in [1.29, 1.82) is 0 Å². The molecule has 0 saturated heterocycles. The molecular weight excluding hydrogens is 320 g/mol. The Labute approximate surface area is 143 Å². The standard InChI is InChI=1S/C17H18N6O2/c24-23(25)15-10-19-17(21-12-3-1-2-4-12)22-16(15)20-13-5-6-14-11(9-13)7-8-18-14/h5-10,12,18H,1-4H2,(H2,19,20,21,22). The Hall–Kier alpha value is -3.16. The number of fused-ring (bicyclic) bond motifs is 1. The van der Waals surface area contributed by atoms with Crippen LogP contribution in [0.4, 0.5) is 23.1 Å². The number of hydrogen-bond donors (Lipinski definition) is 3. The number of aromatic nitrogens is 3. The second-order valence-electron chi connectivity index (χ2n) is 6.21. The molecule has 0 atom stereocenters. The van der Waals surface area contributed by atoms with Crippen LogP contribution in [0.5, 0.6) is 0 Å². The van der Waals surface area contributed by atoms with E-state index in [1.165, 1.54) is 19.0 Å². The van der Waals surface area contributed by atoms with E-state index in [9.17, 15) is 10.1 Å². The Balaban J connectivity index is 1.63. The van der Waals surface area contributed by atoms with E-state index >= 15 is 0 Å². The van der Waals surface area contributed by atoms with Gasteiger partial charge >= 0.3 is 5.69 Å². The number of H-pyrrole nitrogens is 1. The monoisotopic (exact) mass is 338 g/mol. The van der Waals surface area contributed by atoms with E-state index in [1.54, 1.807) is 0 Å². The topological polar surface area (TPSA) is 109 Å². The zero-order chi connectivity index (χ0) is 17.2. The molecule has 128 valence electrons. The summed E-state index contributed by atoms with van der Waals surface area (Å²) < 4.78 is 0. The van der Waals surface area contributed by atoms with E-state index in [1.807, 2.05) is 30.5 Å². The van der Waals surface area contributed by atoms with Gasteiger partial charge in [-0.15, -0.1) is 0 Å². The van der Waals surface area contributed by atoms with E-state index < -0.39 is 4.92 Å². The summed E-state index contributed by atoms with van der Waals surface area (Å²) in [4.78, 5) is 22.4. The summed E-state index contributed by atoms with van der Waals surface area (Å²) in [6.07, 6.45) is 7.63. The number of rotatable bonds is 5. The average Bonchev–Trinajstić information content (AvgIpc) is 3.25. The van der Waals surface area contributed by atoms with Crippen molar-refractivity contribution in [2.45, 2.75) is 31.7 Å². The molecule has 2 aromatic heterocycles. The van der Waals surface area contributed by atoms with Crippen molar-refractivity contribution in [3.63, 3.8) is 0 Å². The molecule has 1 aliphatic rings. The van der Waals surface area contributed by atoms with Gasteiger partial charge in [0, 0.05) is 28.8 Å². The molecule has 0 radical (unpaired) electrons. The van der Waals surface area contributed by atoms with E-state index in [2.05, 4.69) is 25.6 Å². The van der Waals surface area contributed by atoms with Gasteiger partial charge in [-0.1, -0.05) is 12.8 Å². The minimum atomic E-state index is -0.476. The fourth-order valence-corrected chi connectivity index (χ4v) is 3.19. The molecule has 1 aliphatic carbocycles. The predicted octanol–water partition coefficient (Wildman–Crippen LogP) is 3.96. The number of hydrogen-bond acceptors (Lipinski definition) is 6. The Morgan fingerprint density at radius 3 is 2.88 bits per heavy atom. The molecule has 3 aromatic rings. The summed E-state index contributed by atoms with van der Waals surface area (Å²) in [5.41, 5.74) is 1.60. The quantitative estimate of drug-likeness (QED) is 0.480. The van der Waals surface area contributed by atoms with Crippen LogP contribution in [0, 0.1) is 10.1 Å². The van der Waals surface area contributed by atoms with Gasteiger partial charge in [0.05, 0.1) is 4.92 Å². The third-order valence-corrected chi connectivity index (χ3v) is 4.47. The molecule has 1 aromatic carbocycles. The summed E-state index contributed by atoms with van der Waals surface area (Å²) >= 11 is 0. The van der Waals surface area contributed by atoms with Crippen molar-refractivity contribution in [3.05, 3.63) is 46.8 Å². The number of benzene rings is 1. The normalized spacial score (nSPS) is 14.7. The van der Waals surface area contributed by atoms with Crippen molar-refractivity contribution in [2.24, 2.45) is 0 Å². The van der Waals surface area contributed by atoms with Gasteiger partial charge in [0.25, 0.3) is 0 Å². The minimum absolute atomic E-state index is 0.147. The number of nitrogens with zero attached hydrogens (tertiary/aromatic N) is 3. The molecule has 25 heavy (non-hydrogen) atoms. The first-order chi connectivity index (χ1) is 12.2. The first-order valence-corrected chi connectivity index (χ1v) is 8.31. The lowest BCUT2D eigenvalue weighted by Crippen LogP contribution is -2.17. The lowest BCUT2D eigenvalue weighted by molar-refractivity contribution is -0.384. The van der Waals surface area contributed by atoms with Crippen LogP contribution in [0.1, 0.15) is 25.7 Å². The van der Waals surface area contributed by atoms with Gasteiger partial charge in [0.15, 0.2) is 0 Å². The molecule has 1 saturated carbocycles. The van der Waals surface area contributed by atoms with Crippen LogP contribution < -0.4 is 10.6 Å². The largest absolute Gasteiger partial charge is 0.361 e. The number of anilines is 3. The summed E-state index contributed by atoms with van der Waals surface area (Å²) in [5.74, 6) is 0.609. The van der Waals surface area contributed by atoms with E-state index in [-0.39, 0.29) is 11.5 Å². The summed E-state index contributed by atoms with van der Waals surface area (Å²) in [6.45, 7) is 0. The Morgan fingerprint density at radius 2 is 2.08 bits per heavy atom. The predicted molar refractivity (Wildman–Crippen MR) is 96.1 cm³/mol. The van der Waals surface area contributed by atoms with Crippen molar-refractivity contribution in [3.8, 4) is 0 Å². The van der Waals surface area contributed by atoms with Gasteiger partial charge in [0.1, 0.15) is 6.20 Å². The highest BCUT2D eigenvalue weighted by molar-refractivity contribution is 5.84. The van der Waals surface area contributed by atoms with Crippen LogP contribution in [0.2, 0.25) is 0 Å². The maximum Gasteiger partial charge on any atom is 0.329 e. The first kappa shape index (κ1) is 15.4. The number of nitro groups is 1. The highest BCUT2D eigenvalue weighted by Crippen LogP contribution is 2.28. The molecule has 3 N–H and O–H groups in total. The third-order valence-electron chi connectivity index (χ3n) is 4.47.